The molecule has 1 N–H and O–H groups in total. The van der Waals surface area contributed by atoms with Crippen LogP contribution in [0, 0.1) is 27.5 Å². The zero-order valence-corrected chi connectivity index (χ0v) is 10.7. The van der Waals surface area contributed by atoms with E-state index in [4.69, 9.17) is 4.74 Å². The van der Waals surface area contributed by atoms with Crippen molar-refractivity contribution in [1.82, 2.24) is 0 Å². The normalized spacial score (nSPS) is 10.1. The zero-order valence-electron chi connectivity index (χ0n) is 8.50. The quantitative estimate of drug-likeness (QED) is 0.516. The average Bonchev–Trinajstić information content (AvgIpc) is 2.16. The highest BCUT2D eigenvalue weighted by molar-refractivity contribution is 14.1. The van der Waals surface area contributed by atoms with Crippen molar-refractivity contribution >= 4 is 28.3 Å². The third-order valence-electron chi connectivity index (χ3n) is 2.28. The Bertz CT molecular complexity index is 402. The number of nitro groups is 1. The third-order valence-corrected chi connectivity index (χ3v) is 3.30. The summed E-state index contributed by atoms with van der Waals surface area (Å²) in [6.07, 6.45) is 0. The van der Waals surface area contributed by atoms with E-state index < -0.39 is 4.92 Å². The molecule has 82 valence electrons. The van der Waals surface area contributed by atoms with Crippen LogP contribution in [0.1, 0.15) is 11.1 Å². The van der Waals surface area contributed by atoms with Crippen molar-refractivity contribution < 1.29 is 14.8 Å². The number of benzene rings is 1. The first-order valence-electron chi connectivity index (χ1n) is 4.11. The molecule has 0 aliphatic heterocycles. The predicted octanol–water partition coefficient (Wildman–Crippen LogP) is 2.53. The van der Waals surface area contributed by atoms with Gasteiger partial charge in [-0.2, -0.15) is 0 Å². The van der Waals surface area contributed by atoms with E-state index in [9.17, 15) is 15.2 Å². The molecule has 0 bridgehead atoms. The van der Waals surface area contributed by atoms with Crippen LogP contribution in [-0.4, -0.2) is 17.1 Å². The molecule has 0 unspecified atom stereocenters. The van der Waals surface area contributed by atoms with Crippen LogP contribution < -0.4 is 4.74 Å². The lowest BCUT2D eigenvalue weighted by Crippen LogP contribution is -2.00. The summed E-state index contributed by atoms with van der Waals surface area (Å²) in [7, 11) is 1.42. The van der Waals surface area contributed by atoms with E-state index in [0.29, 0.717) is 16.9 Å². The molecule has 1 aromatic rings. The van der Waals surface area contributed by atoms with Crippen LogP contribution in [0.15, 0.2) is 0 Å². The molecule has 0 spiro atoms. The smallest absolute Gasteiger partial charge is 0.289 e. The number of hydrogen-bond acceptors (Lipinski definition) is 4. The molecule has 0 saturated carbocycles. The number of methoxy groups -OCH3 is 1. The fourth-order valence-electron chi connectivity index (χ4n) is 1.37. The molecular weight excluding hydrogens is 313 g/mol. The molecule has 0 radical (unpaired) electrons. The molecule has 6 heteroatoms. The van der Waals surface area contributed by atoms with E-state index >= 15 is 0 Å². The van der Waals surface area contributed by atoms with Gasteiger partial charge in [-0.05, 0) is 36.4 Å². The highest BCUT2D eigenvalue weighted by Crippen LogP contribution is 2.42. The molecule has 15 heavy (non-hydrogen) atoms. The summed E-state index contributed by atoms with van der Waals surface area (Å²) >= 11 is 1.74. The second-order valence-corrected chi connectivity index (χ2v) is 4.13. The first-order chi connectivity index (χ1) is 6.91. The summed E-state index contributed by atoms with van der Waals surface area (Å²) in [5.41, 5.74) is 1.03. The summed E-state index contributed by atoms with van der Waals surface area (Å²) in [5.74, 6) is 0.121. The number of halogens is 1. The topological polar surface area (TPSA) is 72.6 Å². The van der Waals surface area contributed by atoms with Crippen LogP contribution in [-0.2, 0) is 0 Å². The standard InChI is InChI=1S/C9H10INO4/c1-4-5(2)9(15-3)8(12)6(10)7(4)11(13)14/h12H,1-3H3. The Morgan fingerprint density at radius 2 is 1.93 bits per heavy atom. The Morgan fingerprint density at radius 3 is 2.33 bits per heavy atom. The van der Waals surface area contributed by atoms with Crippen molar-refractivity contribution in [3.8, 4) is 11.5 Å². The summed E-state index contributed by atoms with van der Waals surface area (Å²) in [6, 6.07) is 0. The number of nitro benzene ring substituents is 1. The SMILES string of the molecule is COc1c(C)c(C)c([N+](=O)[O-])c(I)c1O. The molecule has 1 aromatic carbocycles. The monoisotopic (exact) mass is 323 g/mol. The van der Waals surface area contributed by atoms with Gasteiger partial charge in [0.05, 0.1) is 12.0 Å². The average molecular weight is 323 g/mol. The van der Waals surface area contributed by atoms with Gasteiger partial charge in [-0.3, -0.25) is 10.1 Å². The number of nitrogens with zero attached hydrogens (tertiary/aromatic N) is 1. The van der Waals surface area contributed by atoms with Gasteiger partial charge >= 0.3 is 0 Å². The van der Waals surface area contributed by atoms with E-state index in [1.54, 1.807) is 36.4 Å². The number of ether oxygens (including phenoxy) is 1. The van der Waals surface area contributed by atoms with Crippen LogP contribution in [0.25, 0.3) is 0 Å². The van der Waals surface area contributed by atoms with Gasteiger partial charge in [-0.25, -0.2) is 0 Å². The van der Waals surface area contributed by atoms with E-state index in [2.05, 4.69) is 0 Å². The van der Waals surface area contributed by atoms with Gasteiger partial charge in [0.2, 0.25) is 0 Å². The van der Waals surface area contributed by atoms with Gasteiger partial charge < -0.3 is 9.84 Å². The lowest BCUT2D eigenvalue weighted by Gasteiger charge is -2.11. The highest BCUT2D eigenvalue weighted by Gasteiger charge is 2.25. The summed E-state index contributed by atoms with van der Waals surface area (Å²) in [4.78, 5) is 10.3. The number of phenols is 1. The minimum absolute atomic E-state index is 0.0635. The Balaban J connectivity index is 3.66. The van der Waals surface area contributed by atoms with Gasteiger partial charge in [0.1, 0.15) is 3.57 Å². The van der Waals surface area contributed by atoms with Crippen molar-refractivity contribution in [2.75, 3.05) is 7.11 Å². The lowest BCUT2D eigenvalue weighted by atomic mass is 10.1. The van der Waals surface area contributed by atoms with E-state index in [0.717, 1.165) is 0 Å². The van der Waals surface area contributed by atoms with Crippen molar-refractivity contribution in [1.29, 1.82) is 0 Å². The third kappa shape index (κ3) is 1.85. The molecule has 0 fully saturated rings. The van der Waals surface area contributed by atoms with Gasteiger partial charge in [-0.1, -0.05) is 0 Å². The van der Waals surface area contributed by atoms with Crippen molar-refractivity contribution in [2.45, 2.75) is 13.8 Å². The fourth-order valence-corrected chi connectivity index (χ4v) is 2.22. The number of rotatable bonds is 2. The van der Waals surface area contributed by atoms with Crippen LogP contribution in [0.3, 0.4) is 0 Å². The lowest BCUT2D eigenvalue weighted by molar-refractivity contribution is -0.386. The summed E-state index contributed by atoms with van der Waals surface area (Å²) in [6.45, 7) is 3.31. The maximum Gasteiger partial charge on any atom is 0.289 e. The molecular formula is C9H10INO4. The van der Waals surface area contributed by atoms with Crippen LogP contribution in [0.5, 0.6) is 11.5 Å². The Morgan fingerprint density at radius 1 is 1.40 bits per heavy atom. The first-order valence-corrected chi connectivity index (χ1v) is 5.19. The molecule has 0 aliphatic carbocycles. The number of aromatic hydroxyl groups is 1. The van der Waals surface area contributed by atoms with E-state index in [1.165, 1.54) is 7.11 Å². The molecule has 0 saturated heterocycles. The van der Waals surface area contributed by atoms with Crippen LogP contribution in [0.2, 0.25) is 0 Å². The maximum atomic E-state index is 10.8. The van der Waals surface area contributed by atoms with Crippen molar-refractivity contribution in [3.63, 3.8) is 0 Å². The Labute approximate surface area is 100 Å². The van der Waals surface area contributed by atoms with Crippen LogP contribution >= 0.6 is 22.6 Å². The van der Waals surface area contributed by atoms with Gasteiger partial charge in [-0.15, -0.1) is 0 Å². The van der Waals surface area contributed by atoms with Crippen LogP contribution in [0.4, 0.5) is 5.69 Å². The predicted molar refractivity (Wildman–Crippen MR) is 63.5 cm³/mol. The fraction of sp³-hybridized carbons (Fsp3) is 0.333. The molecule has 0 atom stereocenters. The first kappa shape index (κ1) is 12.0. The molecule has 0 aliphatic rings. The van der Waals surface area contributed by atoms with Gasteiger partial charge in [0.25, 0.3) is 5.69 Å². The second-order valence-electron chi connectivity index (χ2n) is 3.05. The van der Waals surface area contributed by atoms with Gasteiger partial charge in [0, 0.05) is 11.1 Å². The summed E-state index contributed by atoms with van der Waals surface area (Å²) in [5, 5.41) is 20.5. The number of phenolic OH excluding ortho intramolecular Hbond substituents is 1. The largest absolute Gasteiger partial charge is 0.503 e. The highest BCUT2D eigenvalue weighted by atomic mass is 127. The second kappa shape index (κ2) is 4.21. The van der Waals surface area contributed by atoms with Gasteiger partial charge in [0.15, 0.2) is 11.5 Å². The molecule has 5 nitrogen and oxygen atoms in total. The van der Waals surface area contributed by atoms with Crippen molar-refractivity contribution in [3.05, 3.63) is 24.8 Å². The number of hydrogen-bond donors (Lipinski definition) is 1. The maximum absolute atomic E-state index is 10.8. The molecule has 0 aromatic heterocycles. The van der Waals surface area contributed by atoms with Crippen molar-refractivity contribution in [2.24, 2.45) is 0 Å². The van der Waals surface area contributed by atoms with E-state index in [1.807, 2.05) is 0 Å². The Hall–Kier alpha value is -1.05. The Kier molecular flexibility index (Phi) is 3.38. The molecule has 0 heterocycles. The zero-order chi connectivity index (χ0) is 11.7. The molecule has 1 rings (SSSR count). The van der Waals surface area contributed by atoms with E-state index in [-0.39, 0.29) is 15.0 Å². The molecule has 0 amide bonds. The minimum Gasteiger partial charge on any atom is -0.503 e. The minimum atomic E-state index is -0.497. The summed E-state index contributed by atoms with van der Waals surface area (Å²) < 4.78 is 5.20.